The van der Waals surface area contributed by atoms with Gasteiger partial charge in [0.1, 0.15) is 11.5 Å². The predicted octanol–water partition coefficient (Wildman–Crippen LogP) is 3.35. The summed E-state index contributed by atoms with van der Waals surface area (Å²) >= 11 is 0. The van der Waals surface area contributed by atoms with Crippen LogP contribution in [-0.4, -0.2) is 45.8 Å². The Kier molecular flexibility index (Phi) is 4.54. The summed E-state index contributed by atoms with van der Waals surface area (Å²) in [7, 11) is 0. The predicted molar refractivity (Wildman–Crippen MR) is 104 cm³/mol. The van der Waals surface area contributed by atoms with Crippen molar-refractivity contribution in [1.29, 1.82) is 0 Å². The van der Waals surface area contributed by atoms with E-state index in [9.17, 15) is 9.90 Å². The second-order valence-electron chi connectivity index (χ2n) is 6.81. The number of hydrogen-bond acceptors (Lipinski definition) is 4. The number of phenolic OH excluding ortho intramolecular Hbond substituents is 1. The lowest BCUT2D eigenvalue weighted by Crippen LogP contribution is -2.27. The van der Waals surface area contributed by atoms with Crippen molar-refractivity contribution >= 4 is 16.8 Å². The van der Waals surface area contributed by atoms with Gasteiger partial charge in [-0.05, 0) is 47.9 Å². The maximum atomic E-state index is 11.7. The summed E-state index contributed by atoms with van der Waals surface area (Å²) < 4.78 is 6.14. The van der Waals surface area contributed by atoms with Crippen LogP contribution >= 0.6 is 0 Å². The van der Waals surface area contributed by atoms with Gasteiger partial charge < -0.3 is 14.7 Å². The molecule has 0 saturated carbocycles. The van der Waals surface area contributed by atoms with Crippen molar-refractivity contribution in [3.8, 4) is 22.6 Å². The van der Waals surface area contributed by atoms with Gasteiger partial charge in [-0.1, -0.05) is 18.7 Å². The lowest BCUT2D eigenvalue weighted by Gasteiger charge is -2.15. The van der Waals surface area contributed by atoms with Crippen molar-refractivity contribution in [3.63, 3.8) is 0 Å². The molecule has 1 saturated heterocycles. The monoisotopic (exact) mass is 363 g/mol. The lowest BCUT2D eigenvalue weighted by atomic mass is 10.0. The van der Waals surface area contributed by atoms with Gasteiger partial charge in [-0.15, -0.1) is 0 Å². The highest BCUT2D eigenvalue weighted by Crippen LogP contribution is 2.33. The fraction of sp³-hybridized carbons (Fsp3) is 0.238. The SMILES string of the molecule is C=CC(=O)N1CC[C@H](COc2cc(-c3ccc(O)cc3)cc3[nH]ncc23)C1. The molecule has 1 atom stereocenters. The van der Waals surface area contributed by atoms with Gasteiger partial charge in [-0.3, -0.25) is 9.89 Å². The number of aromatic hydroxyl groups is 1. The zero-order chi connectivity index (χ0) is 18.8. The summed E-state index contributed by atoms with van der Waals surface area (Å²) in [5.41, 5.74) is 2.86. The Labute approximate surface area is 157 Å². The molecule has 0 spiro atoms. The molecule has 0 aliphatic carbocycles. The van der Waals surface area contributed by atoms with Gasteiger partial charge in [-0.2, -0.15) is 5.10 Å². The Morgan fingerprint density at radius 3 is 2.93 bits per heavy atom. The van der Waals surface area contributed by atoms with Gasteiger partial charge in [0.05, 0.1) is 23.7 Å². The van der Waals surface area contributed by atoms with Crippen LogP contribution in [0.2, 0.25) is 0 Å². The largest absolute Gasteiger partial charge is 0.508 e. The van der Waals surface area contributed by atoms with Crippen molar-refractivity contribution in [2.45, 2.75) is 6.42 Å². The number of carbonyl (C=O) groups excluding carboxylic acids is 1. The topological polar surface area (TPSA) is 78.5 Å². The van der Waals surface area contributed by atoms with Crippen LogP contribution in [0.4, 0.5) is 0 Å². The Bertz CT molecular complexity index is 978. The Balaban J connectivity index is 1.54. The molecule has 27 heavy (non-hydrogen) atoms. The molecule has 1 aliphatic heterocycles. The smallest absolute Gasteiger partial charge is 0.245 e. The van der Waals surface area contributed by atoms with Crippen molar-refractivity contribution in [1.82, 2.24) is 15.1 Å². The van der Waals surface area contributed by atoms with Gasteiger partial charge in [0.2, 0.25) is 5.91 Å². The van der Waals surface area contributed by atoms with E-state index in [-0.39, 0.29) is 11.7 Å². The van der Waals surface area contributed by atoms with Crippen LogP contribution in [0.15, 0.2) is 55.3 Å². The molecule has 6 heteroatoms. The number of H-pyrrole nitrogens is 1. The van der Waals surface area contributed by atoms with Crippen LogP contribution in [0.3, 0.4) is 0 Å². The minimum atomic E-state index is -0.0240. The summed E-state index contributed by atoms with van der Waals surface area (Å²) in [4.78, 5) is 13.5. The summed E-state index contributed by atoms with van der Waals surface area (Å²) in [5, 5.41) is 17.6. The van der Waals surface area contributed by atoms with Gasteiger partial charge in [-0.25, -0.2) is 0 Å². The fourth-order valence-electron chi connectivity index (χ4n) is 3.46. The molecule has 2 N–H and O–H groups in total. The van der Waals surface area contributed by atoms with Gasteiger partial charge >= 0.3 is 0 Å². The van der Waals surface area contributed by atoms with E-state index in [2.05, 4.69) is 16.8 Å². The van der Waals surface area contributed by atoms with Crippen LogP contribution in [0, 0.1) is 5.92 Å². The van der Waals surface area contributed by atoms with E-state index in [1.165, 1.54) is 6.08 Å². The number of aromatic nitrogens is 2. The Morgan fingerprint density at radius 2 is 2.15 bits per heavy atom. The van der Waals surface area contributed by atoms with Crippen LogP contribution in [0.25, 0.3) is 22.0 Å². The minimum absolute atomic E-state index is 0.0240. The molecule has 2 aromatic carbocycles. The van der Waals surface area contributed by atoms with Gasteiger partial charge in [0.15, 0.2) is 0 Å². The highest BCUT2D eigenvalue weighted by atomic mass is 16.5. The van der Waals surface area contributed by atoms with Gasteiger partial charge in [0.25, 0.3) is 0 Å². The van der Waals surface area contributed by atoms with E-state index in [0.29, 0.717) is 19.1 Å². The molecule has 1 aliphatic rings. The van der Waals surface area contributed by atoms with E-state index in [1.807, 2.05) is 24.3 Å². The number of benzene rings is 2. The molecule has 3 aromatic rings. The van der Waals surface area contributed by atoms with Crippen LogP contribution in [0.1, 0.15) is 6.42 Å². The molecule has 0 radical (unpaired) electrons. The average Bonchev–Trinajstić information content (AvgIpc) is 3.35. The fourth-order valence-corrected chi connectivity index (χ4v) is 3.46. The standard InChI is InChI=1S/C21H21N3O3/c1-2-21(26)24-8-7-14(12-24)13-27-20-10-16(9-19-18(20)11-22-23-19)15-3-5-17(25)6-4-15/h2-6,9-11,14,25H,1,7-8,12-13H2,(H,22,23)/t14-/m0/s1. The van der Waals surface area contributed by atoms with Crippen molar-refractivity contribution < 1.29 is 14.6 Å². The molecule has 0 bridgehead atoms. The second-order valence-corrected chi connectivity index (χ2v) is 6.81. The molecule has 1 fully saturated rings. The normalized spacial score (nSPS) is 16.6. The molecule has 1 amide bonds. The van der Waals surface area contributed by atoms with E-state index in [1.54, 1.807) is 23.2 Å². The van der Waals surface area contributed by atoms with Crippen molar-refractivity contribution in [2.24, 2.45) is 5.92 Å². The molecular weight excluding hydrogens is 342 g/mol. The van der Waals surface area contributed by atoms with Crippen molar-refractivity contribution in [2.75, 3.05) is 19.7 Å². The Hall–Kier alpha value is -3.28. The maximum Gasteiger partial charge on any atom is 0.245 e. The van der Waals surface area contributed by atoms with E-state index in [4.69, 9.17) is 4.74 Å². The first-order valence-electron chi connectivity index (χ1n) is 8.94. The number of rotatable bonds is 5. The number of nitrogens with zero attached hydrogens (tertiary/aromatic N) is 2. The minimum Gasteiger partial charge on any atom is -0.508 e. The summed E-state index contributed by atoms with van der Waals surface area (Å²) in [6.07, 6.45) is 4.04. The number of hydrogen-bond donors (Lipinski definition) is 2. The quantitative estimate of drug-likeness (QED) is 0.682. The maximum absolute atomic E-state index is 11.7. The highest BCUT2D eigenvalue weighted by Gasteiger charge is 2.25. The average molecular weight is 363 g/mol. The number of amides is 1. The number of likely N-dealkylation sites (tertiary alicyclic amines) is 1. The van der Waals surface area contributed by atoms with Crippen molar-refractivity contribution in [3.05, 3.63) is 55.3 Å². The number of aromatic amines is 1. The lowest BCUT2D eigenvalue weighted by molar-refractivity contribution is -0.125. The molecule has 6 nitrogen and oxygen atoms in total. The zero-order valence-corrected chi connectivity index (χ0v) is 14.9. The summed E-state index contributed by atoms with van der Waals surface area (Å²) in [6, 6.07) is 11.1. The third kappa shape index (κ3) is 3.51. The first kappa shape index (κ1) is 17.1. The first-order chi connectivity index (χ1) is 13.1. The summed E-state index contributed by atoms with van der Waals surface area (Å²) in [5.74, 6) is 1.27. The molecule has 2 heterocycles. The molecule has 138 valence electrons. The van der Waals surface area contributed by atoms with Crippen LogP contribution in [-0.2, 0) is 4.79 Å². The zero-order valence-electron chi connectivity index (χ0n) is 14.9. The van der Waals surface area contributed by atoms with E-state index >= 15 is 0 Å². The first-order valence-corrected chi connectivity index (χ1v) is 8.94. The molecular formula is C21H21N3O3. The second kappa shape index (κ2) is 7.15. The number of ether oxygens (including phenoxy) is 1. The molecule has 1 aromatic heterocycles. The highest BCUT2D eigenvalue weighted by molar-refractivity contribution is 5.90. The molecule has 4 rings (SSSR count). The Morgan fingerprint density at radius 1 is 1.33 bits per heavy atom. The van der Waals surface area contributed by atoms with Gasteiger partial charge in [0, 0.05) is 19.0 Å². The molecule has 0 unspecified atom stereocenters. The van der Waals surface area contributed by atoms with E-state index < -0.39 is 0 Å². The van der Waals surface area contributed by atoms with Crippen LogP contribution < -0.4 is 4.74 Å². The number of nitrogens with one attached hydrogen (secondary N) is 1. The number of carbonyl (C=O) groups is 1. The third-order valence-corrected chi connectivity index (χ3v) is 4.97. The van der Waals surface area contributed by atoms with Crippen LogP contribution in [0.5, 0.6) is 11.5 Å². The number of phenols is 1. The van der Waals surface area contributed by atoms with E-state index in [0.717, 1.165) is 40.7 Å². The summed E-state index contributed by atoms with van der Waals surface area (Å²) in [6.45, 7) is 5.52. The third-order valence-electron chi connectivity index (χ3n) is 4.97. The number of fused-ring (bicyclic) bond motifs is 1.